The standard InChI is InChI=1S/C16H32N4/c1-12(2)8-17-9-15(6)14(5)7-16-18-11-19-20(16)10-13(3)4/h11-15,17H,7-10H2,1-6H3. The summed E-state index contributed by atoms with van der Waals surface area (Å²) in [5, 5.41) is 7.89. The van der Waals surface area contributed by atoms with Gasteiger partial charge in [0.15, 0.2) is 0 Å². The highest BCUT2D eigenvalue weighted by molar-refractivity contribution is 4.88. The van der Waals surface area contributed by atoms with Crippen LogP contribution in [0.1, 0.15) is 47.4 Å². The third kappa shape index (κ3) is 6.04. The molecule has 0 bridgehead atoms. The van der Waals surface area contributed by atoms with Crippen molar-refractivity contribution in [1.82, 2.24) is 20.1 Å². The van der Waals surface area contributed by atoms with E-state index in [1.807, 2.05) is 0 Å². The van der Waals surface area contributed by atoms with Crippen molar-refractivity contribution in [2.24, 2.45) is 23.7 Å². The van der Waals surface area contributed by atoms with Crippen LogP contribution in [0, 0.1) is 23.7 Å². The number of nitrogens with zero attached hydrogens (tertiary/aromatic N) is 3. The average molecular weight is 280 g/mol. The molecule has 0 aromatic carbocycles. The van der Waals surface area contributed by atoms with Gasteiger partial charge in [-0.15, -0.1) is 0 Å². The molecule has 0 spiro atoms. The van der Waals surface area contributed by atoms with Crippen LogP contribution >= 0.6 is 0 Å². The molecule has 20 heavy (non-hydrogen) atoms. The molecule has 1 N–H and O–H groups in total. The molecule has 116 valence electrons. The van der Waals surface area contributed by atoms with Crippen LogP contribution in [0.5, 0.6) is 0 Å². The lowest BCUT2D eigenvalue weighted by Crippen LogP contribution is -2.29. The van der Waals surface area contributed by atoms with E-state index in [4.69, 9.17) is 0 Å². The molecule has 0 amide bonds. The van der Waals surface area contributed by atoms with E-state index in [1.54, 1.807) is 6.33 Å². The highest BCUT2D eigenvalue weighted by atomic mass is 15.3. The smallest absolute Gasteiger partial charge is 0.138 e. The van der Waals surface area contributed by atoms with Crippen LogP contribution in [0.25, 0.3) is 0 Å². The second-order valence-corrected chi connectivity index (χ2v) is 6.96. The zero-order chi connectivity index (χ0) is 15.1. The van der Waals surface area contributed by atoms with Gasteiger partial charge in [0.05, 0.1) is 0 Å². The van der Waals surface area contributed by atoms with Crippen molar-refractivity contribution in [2.75, 3.05) is 13.1 Å². The number of hydrogen-bond acceptors (Lipinski definition) is 3. The second-order valence-electron chi connectivity index (χ2n) is 6.96. The van der Waals surface area contributed by atoms with E-state index in [0.29, 0.717) is 23.7 Å². The molecular formula is C16H32N4. The van der Waals surface area contributed by atoms with Gasteiger partial charge >= 0.3 is 0 Å². The topological polar surface area (TPSA) is 42.7 Å². The highest BCUT2D eigenvalue weighted by Crippen LogP contribution is 2.16. The molecule has 1 aromatic heterocycles. The van der Waals surface area contributed by atoms with Gasteiger partial charge in [0.25, 0.3) is 0 Å². The predicted molar refractivity (Wildman–Crippen MR) is 84.6 cm³/mol. The molecule has 0 radical (unpaired) electrons. The molecule has 2 atom stereocenters. The summed E-state index contributed by atoms with van der Waals surface area (Å²) in [6.07, 6.45) is 2.70. The van der Waals surface area contributed by atoms with Gasteiger partial charge in [0.2, 0.25) is 0 Å². The van der Waals surface area contributed by atoms with Gasteiger partial charge in [0.1, 0.15) is 12.2 Å². The largest absolute Gasteiger partial charge is 0.316 e. The summed E-state index contributed by atoms with van der Waals surface area (Å²) in [5.41, 5.74) is 0. The summed E-state index contributed by atoms with van der Waals surface area (Å²) >= 11 is 0. The first-order valence-electron chi connectivity index (χ1n) is 7.97. The summed E-state index contributed by atoms with van der Waals surface area (Å²) in [6, 6.07) is 0. The summed E-state index contributed by atoms with van der Waals surface area (Å²) in [4.78, 5) is 4.43. The van der Waals surface area contributed by atoms with Crippen molar-refractivity contribution >= 4 is 0 Å². The zero-order valence-corrected chi connectivity index (χ0v) is 14.1. The van der Waals surface area contributed by atoms with Crippen LogP contribution in [0.3, 0.4) is 0 Å². The molecule has 1 heterocycles. The van der Waals surface area contributed by atoms with E-state index in [9.17, 15) is 0 Å². The van der Waals surface area contributed by atoms with Gasteiger partial charge in [-0.2, -0.15) is 5.10 Å². The van der Waals surface area contributed by atoms with Crippen molar-refractivity contribution in [3.8, 4) is 0 Å². The third-order valence-electron chi connectivity index (χ3n) is 3.73. The molecule has 0 fully saturated rings. The molecule has 0 saturated carbocycles. The van der Waals surface area contributed by atoms with Crippen molar-refractivity contribution in [3.63, 3.8) is 0 Å². The summed E-state index contributed by atoms with van der Waals surface area (Å²) in [6.45, 7) is 16.7. The lowest BCUT2D eigenvalue weighted by molar-refractivity contribution is 0.343. The van der Waals surface area contributed by atoms with Crippen molar-refractivity contribution in [3.05, 3.63) is 12.2 Å². The molecule has 2 unspecified atom stereocenters. The molecule has 1 rings (SSSR count). The quantitative estimate of drug-likeness (QED) is 0.756. The zero-order valence-electron chi connectivity index (χ0n) is 14.1. The van der Waals surface area contributed by atoms with Gasteiger partial charge in [0, 0.05) is 13.0 Å². The Labute approximate surface area is 124 Å². The lowest BCUT2D eigenvalue weighted by atomic mass is 9.92. The first kappa shape index (κ1) is 17.2. The van der Waals surface area contributed by atoms with Crippen LogP contribution < -0.4 is 5.32 Å². The van der Waals surface area contributed by atoms with E-state index in [1.165, 1.54) is 0 Å². The maximum Gasteiger partial charge on any atom is 0.138 e. The summed E-state index contributed by atoms with van der Waals surface area (Å²) in [5.74, 6) is 3.71. The van der Waals surface area contributed by atoms with Gasteiger partial charge < -0.3 is 5.32 Å². The van der Waals surface area contributed by atoms with E-state index < -0.39 is 0 Å². The number of aromatic nitrogens is 3. The monoisotopic (exact) mass is 280 g/mol. The summed E-state index contributed by atoms with van der Waals surface area (Å²) < 4.78 is 2.06. The molecule has 4 nitrogen and oxygen atoms in total. The van der Waals surface area contributed by atoms with E-state index in [0.717, 1.165) is 31.9 Å². The second kappa shape index (κ2) is 8.40. The third-order valence-corrected chi connectivity index (χ3v) is 3.73. The lowest BCUT2D eigenvalue weighted by Gasteiger charge is -2.21. The maximum atomic E-state index is 4.43. The van der Waals surface area contributed by atoms with E-state index >= 15 is 0 Å². The Hall–Kier alpha value is -0.900. The Morgan fingerprint density at radius 3 is 2.30 bits per heavy atom. The first-order chi connectivity index (χ1) is 9.40. The molecule has 0 saturated heterocycles. The Morgan fingerprint density at radius 1 is 1.00 bits per heavy atom. The minimum absolute atomic E-state index is 0.607. The normalized spacial score (nSPS) is 15.0. The minimum Gasteiger partial charge on any atom is -0.316 e. The predicted octanol–water partition coefficient (Wildman–Crippen LogP) is 2.99. The van der Waals surface area contributed by atoms with E-state index in [2.05, 4.69) is 61.6 Å². The fourth-order valence-electron chi connectivity index (χ4n) is 2.23. The average Bonchev–Trinajstić information content (AvgIpc) is 2.75. The SMILES string of the molecule is CC(C)CNCC(C)C(C)Cc1ncnn1CC(C)C. The van der Waals surface area contributed by atoms with Gasteiger partial charge in [-0.25, -0.2) is 9.67 Å². The van der Waals surface area contributed by atoms with Crippen molar-refractivity contribution in [2.45, 2.75) is 54.5 Å². The number of nitrogens with one attached hydrogen (secondary N) is 1. The maximum absolute atomic E-state index is 4.43. The number of hydrogen-bond donors (Lipinski definition) is 1. The Kier molecular flexibility index (Phi) is 7.20. The fraction of sp³-hybridized carbons (Fsp3) is 0.875. The molecule has 4 heteroatoms. The molecule has 0 aliphatic rings. The molecule has 1 aromatic rings. The number of rotatable bonds is 9. The Bertz CT molecular complexity index is 370. The summed E-state index contributed by atoms with van der Waals surface area (Å²) in [7, 11) is 0. The fourth-order valence-corrected chi connectivity index (χ4v) is 2.23. The Morgan fingerprint density at radius 2 is 1.70 bits per heavy atom. The van der Waals surface area contributed by atoms with Crippen LogP contribution in [-0.2, 0) is 13.0 Å². The van der Waals surface area contributed by atoms with Gasteiger partial charge in [-0.1, -0.05) is 41.5 Å². The van der Waals surface area contributed by atoms with E-state index in [-0.39, 0.29) is 0 Å². The Balaban J connectivity index is 2.44. The van der Waals surface area contributed by atoms with Crippen LogP contribution in [0.2, 0.25) is 0 Å². The van der Waals surface area contributed by atoms with Crippen LogP contribution in [-0.4, -0.2) is 27.9 Å². The van der Waals surface area contributed by atoms with Crippen molar-refractivity contribution in [1.29, 1.82) is 0 Å². The first-order valence-corrected chi connectivity index (χ1v) is 7.97. The molecular weight excluding hydrogens is 248 g/mol. The van der Waals surface area contributed by atoms with Crippen LogP contribution in [0.4, 0.5) is 0 Å². The van der Waals surface area contributed by atoms with Crippen LogP contribution in [0.15, 0.2) is 6.33 Å². The highest BCUT2D eigenvalue weighted by Gasteiger charge is 2.16. The molecule has 0 aliphatic carbocycles. The van der Waals surface area contributed by atoms with Gasteiger partial charge in [-0.3, -0.25) is 0 Å². The van der Waals surface area contributed by atoms with Gasteiger partial charge in [-0.05, 0) is 36.8 Å². The molecule has 0 aliphatic heterocycles. The van der Waals surface area contributed by atoms with Crippen molar-refractivity contribution < 1.29 is 0 Å². The minimum atomic E-state index is 0.607.